The molecule has 0 unspecified atom stereocenters. The van der Waals surface area contributed by atoms with Crippen LogP contribution < -0.4 is 25.3 Å². The van der Waals surface area contributed by atoms with Crippen LogP contribution in [0.4, 0.5) is 0 Å². The van der Waals surface area contributed by atoms with E-state index in [0.717, 1.165) is 25.9 Å². The van der Waals surface area contributed by atoms with Gasteiger partial charge in [0, 0.05) is 31.8 Å². The van der Waals surface area contributed by atoms with Crippen molar-refractivity contribution >= 4 is 11.8 Å². The molecule has 1 aromatic carbocycles. The number of ether oxygens (including phenoxy) is 3. The Hall–Kier alpha value is -2.52. The Balaban J connectivity index is 1.55. The first kappa shape index (κ1) is 22.2. The number of likely N-dealkylation sites (tertiary alicyclic amines) is 1. The monoisotopic (exact) mass is 421 g/mol. The lowest BCUT2D eigenvalue weighted by Gasteiger charge is -2.36. The molecule has 2 amide bonds. The predicted octanol–water partition coefficient (Wildman–Crippen LogP) is 0.535. The molecule has 0 aromatic heterocycles. The van der Waals surface area contributed by atoms with Gasteiger partial charge >= 0.3 is 0 Å². The molecule has 0 bridgehead atoms. The minimum Gasteiger partial charge on any atom is -0.493 e. The number of rotatable bonds is 8. The van der Waals surface area contributed by atoms with Crippen LogP contribution in [0.1, 0.15) is 36.0 Å². The van der Waals surface area contributed by atoms with Crippen LogP contribution in [0.25, 0.3) is 0 Å². The second kappa shape index (κ2) is 10.5. The topological polar surface area (TPSA) is 123 Å². The number of nitrogens with one attached hydrogen (secondary N) is 1. The van der Waals surface area contributed by atoms with Gasteiger partial charge in [-0.05, 0) is 38.1 Å². The van der Waals surface area contributed by atoms with Crippen molar-refractivity contribution in [3.63, 3.8) is 0 Å². The number of aliphatic hydroxyl groups is 1. The maximum Gasteiger partial charge on any atom is 0.255 e. The Morgan fingerprint density at radius 3 is 2.77 bits per heavy atom. The predicted molar refractivity (Wildman–Crippen MR) is 110 cm³/mol. The fourth-order valence-corrected chi connectivity index (χ4v) is 3.85. The van der Waals surface area contributed by atoms with Crippen molar-refractivity contribution in [3.8, 4) is 17.2 Å². The SMILES string of the molecule is COc1ccc(C(=O)NC[C@H]2CCN(CCCC(N)=O)C[C@H]2O)c2c1OCCCO2. The zero-order valence-corrected chi connectivity index (χ0v) is 17.4. The number of aliphatic hydroxyl groups excluding tert-OH is 1. The fraction of sp³-hybridized carbons (Fsp3) is 0.619. The number of benzene rings is 1. The van der Waals surface area contributed by atoms with Gasteiger partial charge in [0.25, 0.3) is 5.91 Å². The molecule has 0 spiro atoms. The van der Waals surface area contributed by atoms with Crippen molar-refractivity contribution in [3.05, 3.63) is 17.7 Å². The summed E-state index contributed by atoms with van der Waals surface area (Å²) < 4.78 is 16.8. The Kier molecular flexibility index (Phi) is 7.75. The summed E-state index contributed by atoms with van der Waals surface area (Å²) in [5, 5.41) is 13.4. The summed E-state index contributed by atoms with van der Waals surface area (Å²) in [4.78, 5) is 25.8. The van der Waals surface area contributed by atoms with Crippen LogP contribution in [0, 0.1) is 5.92 Å². The molecule has 2 aliphatic rings. The van der Waals surface area contributed by atoms with Gasteiger partial charge in [0.2, 0.25) is 11.7 Å². The highest BCUT2D eigenvalue weighted by molar-refractivity contribution is 5.98. The standard InChI is InChI=1S/C21H31N3O6/c1-28-17-6-5-15(19-20(17)30-11-3-10-29-19)21(27)23-12-14-7-9-24(13-16(14)25)8-2-4-18(22)26/h5-6,14,16,25H,2-4,7-13H2,1H3,(H2,22,26)(H,23,27)/t14-,16-/m1/s1. The highest BCUT2D eigenvalue weighted by atomic mass is 16.5. The summed E-state index contributed by atoms with van der Waals surface area (Å²) in [6.07, 6.45) is 1.99. The van der Waals surface area contributed by atoms with Gasteiger partial charge in [-0.15, -0.1) is 0 Å². The van der Waals surface area contributed by atoms with E-state index in [1.54, 1.807) is 19.2 Å². The lowest BCUT2D eigenvalue weighted by molar-refractivity contribution is -0.118. The first-order valence-electron chi connectivity index (χ1n) is 10.4. The second-order valence-corrected chi connectivity index (χ2v) is 7.72. The fourth-order valence-electron chi connectivity index (χ4n) is 3.85. The lowest BCUT2D eigenvalue weighted by atomic mass is 9.93. The average molecular weight is 421 g/mol. The number of piperidine rings is 1. The quantitative estimate of drug-likeness (QED) is 0.560. The summed E-state index contributed by atoms with van der Waals surface area (Å²) in [6, 6.07) is 3.36. The molecule has 3 rings (SSSR count). The number of amides is 2. The van der Waals surface area contributed by atoms with Crippen LogP contribution in [0.5, 0.6) is 17.2 Å². The van der Waals surface area contributed by atoms with Gasteiger partial charge in [-0.2, -0.15) is 0 Å². The van der Waals surface area contributed by atoms with Crippen molar-refractivity contribution < 1.29 is 28.9 Å². The van der Waals surface area contributed by atoms with Crippen LogP contribution in [-0.2, 0) is 4.79 Å². The van der Waals surface area contributed by atoms with E-state index in [9.17, 15) is 14.7 Å². The van der Waals surface area contributed by atoms with Crippen LogP contribution in [0.3, 0.4) is 0 Å². The van der Waals surface area contributed by atoms with Crippen molar-refractivity contribution in [2.24, 2.45) is 11.7 Å². The van der Waals surface area contributed by atoms with Crippen LogP contribution in [-0.4, -0.2) is 74.4 Å². The number of nitrogens with zero attached hydrogens (tertiary/aromatic N) is 1. The van der Waals surface area contributed by atoms with E-state index < -0.39 is 6.10 Å². The number of carbonyl (C=O) groups is 2. The third-order valence-corrected chi connectivity index (χ3v) is 5.55. The van der Waals surface area contributed by atoms with Crippen molar-refractivity contribution in [1.29, 1.82) is 0 Å². The number of carbonyl (C=O) groups excluding carboxylic acids is 2. The summed E-state index contributed by atoms with van der Waals surface area (Å²) in [5.74, 6) is 0.772. The molecular formula is C21H31N3O6. The first-order valence-corrected chi connectivity index (χ1v) is 10.4. The second-order valence-electron chi connectivity index (χ2n) is 7.72. The summed E-state index contributed by atoms with van der Waals surface area (Å²) in [6.45, 7) is 3.40. The van der Waals surface area contributed by atoms with Crippen LogP contribution in [0.2, 0.25) is 0 Å². The van der Waals surface area contributed by atoms with Gasteiger partial charge in [0.05, 0.1) is 32.0 Å². The van der Waals surface area contributed by atoms with E-state index in [1.165, 1.54) is 0 Å². The van der Waals surface area contributed by atoms with Crippen molar-refractivity contribution in [2.75, 3.05) is 46.5 Å². The highest BCUT2D eigenvalue weighted by Crippen LogP contribution is 2.41. The number of fused-ring (bicyclic) bond motifs is 1. The molecule has 30 heavy (non-hydrogen) atoms. The number of methoxy groups -OCH3 is 1. The molecule has 1 saturated heterocycles. The molecule has 9 nitrogen and oxygen atoms in total. The summed E-state index contributed by atoms with van der Waals surface area (Å²) in [5.41, 5.74) is 5.56. The van der Waals surface area contributed by atoms with Crippen molar-refractivity contribution in [1.82, 2.24) is 10.2 Å². The van der Waals surface area contributed by atoms with Gasteiger partial charge in [0.15, 0.2) is 11.5 Å². The Morgan fingerprint density at radius 2 is 2.07 bits per heavy atom. The zero-order valence-electron chi connectivity index (χ0n) is 17.4. The Bertz CT molecular complexity index is 757. The van der Waals surface area contributed by atoms with Crippen LogP contribution in [0.15, 0.2) is 12.1 Å². The van der Waals surface area contributed by atoms with Gasteiger partial charge in [-0.25, -0.2) is 0 Å². The van der Waals surface area contributed by atoms with Crippen molar-refractivity contribution in [2.45, 2.75) is 31.8 Å². The third kappa shape index (κ3) is 5.54. The van der Waals surface area contributed by atoms with E-state index in [-0.39, 0.29) is 17.7 Å². The molecule has 2 heterocycles. The zero-order chi connectivity index (χ0) is 21.5. The number of nitrogens with two attached hydrogens (primary N) is 1. The van der Waals surface area contributed by atoms with Gasteiger partial charge in [-0.1, -0.05) is 0 Å². The molecule has 0 radical (unpaired) electrons. The smallest absolute Gasteiger partial charge is 0.255 e. The lowest BCUT2D eigenvalue weighted by Crippen LogP contribution is -2.47. The number of primary amides is 1. The molecule has 1 fully saturated rings. The Morgan fingerprint density at radius 1 is 1.30 bits per heavy atom. The molecule has 2 aliphatic heterocycles. The molecular weight excluding hydrogens is 390 g/mol. The normalized spacial score (nSPS) is 21.5. The molecule has 166 valence electrons. The van der Waals surface area contributed by atoms with E-state index in [1.807, 2.05) is 0 Å². The third-order valence-electron chi connectivity index (χ3n) is 5.55. The molecule has 2 atom stereocenters. The maximum atomic E-state index is 12.8. The number of β-amino-alcohol motifs (C(OH)–C–C–N with tert-alkyl or cyclic N) is 1. The molecule has 1 aromatic rings. The van der Waals surface area contributed by atoms with E-state index >= 15 is 0 Å². The van der Waals surface area contributed by atoms with Crippen LogP contribution >= 0.6 is 0 Å². The number of hydrogen-bond acceptors (Lipinski definition) is 7. The Labute approximate surface area is 176 Å². The maximum absolute atomic E-state index is 12.8. The molecule has 0 saturated carbocycles. The highest BCUT2D eigenvalue weighted by Gasteiger charge is 2.29. The molecule has 0 aliphatic carbocycles. The van der Waals surface area contributed by atoms with Gasteiger partial charge < -0.3 is 35.3 Å². The van der Waals surface area contributed by atoms with Gasteiger partial charge in [-0.3, -0.25) is 9.59 Å². The minimum absolute atomic E-state index is 0.0321. The van der Waals surface area contributed by atoms with Gasteiger partial charge in [0.1, 0.15) is 0 Å². The minimum atomic E-state index is -0.541. The summed E-state index contributed by atoms with van der Waals surface area (Å²) >= 11 is 0. The van der Waals surface area contributed by atoms with E-state index in [0.29, 0.717) is 62.0 Å². The molecule has 4 N–H and O–H groups in total. The molecule has 9 heteroatoms. The van der Waals surface area contributed by atoms with E-state index in [4.69, 9.17) is 19.9 Å². The van der Waals surface area contributed by atoms with E-state index in [2.05, 4.69) is 10.2 Å². The summed E-state index contributed by atoms with van der Waals surface area (Å²) in [7, 11) is 1.55. The largest absolute Gasteiger partial charge is 0.493 e. The first-order chi connectivity index (χ1) is 14.5. The average Bonchev–Trinajstić information content (AvgIpc) is 2.98. The number of hydrogen-bond donors (Lipinski definition) is 3.